The third-order valence-electron chi connectivity index (χ3n) is 4.00. The first kappa shape index (κ1) is 14.9. The van der Waals surface area contributed by atoms with Gasteiger partial charge >= 0.3 is 6.03 Å². The zero-order valence-electron chi connectivity index (χ0n) is 12.5. The van der Waals surface area contributed by atoms with Gasteiger partial charge in [0.2, 0.25) is 0 Å². The highest BCUT2D eigenvalue weighted by atomic mass is 16.2. The molecule has 1 aromatic rings. The van der Waals surface area contributed by atoms with Crippen LogP contribution in [0, 0.1) is 0 Å². The number of benzene rings is 1. The van der Waals surface area contributed by atoms with Crippen LogP contribution >= 0.6 is 0 Å². The maximum atomic E-state index is 12.0. The molecule has 1 aliphatic heterocycles. The minimum Gasteiger partial charge on any atom is -0.338 e. The Balaban J connectivity index is 2.16. The molecule has 0 spiro atoms. The molecule has 1 fully saturated rings. The second kappa shape index (κ2) is 7.29. The molecule has 0 aliphatic carbocycles. The van der Waals surface area contributed by atoms with Crippen LogP contribution in [0.5, 0.6) is 0 Å². The SMILES string of the molecule is CCN(CC)C(CN1CCCNC1=O)c1ccccc1. The molecule has 2 amide bonds. The number of hydrogen-bond acceptors (Lipinski definition) is 2. The van der Waals surface area contributed by atoms with E-state index >= 15 is 0 Å². The summed E-state index contributed by atoms with van der Waals surface area (Å²) in [6.45, 7) is 8.76. The molecule has 1 unspecified atom stereocenters. The Morgan fingerprint density at radius 1 is 1.25 bits per heavy atom. The molecule has 1 aliphatic rings. The van der Waals surface area contributed by atoms with Gasteiger partial charge in [0.25, 0.3) is 0 Å². The van der Waals surface area contributed by atoms with Gasteiger partial charge in [-0.05, 0) is 25.1 Å². The van der Waals surface area contributed by atoms with Crippen LogP contribution in [0.2, 0.25) is 0 Å². The summed E-state index contributed by atoms with van der Waals surface area (Å²) >= 11 is 0. The molecule has 4 heteroatoms. The van der Waals surface area contributed by atoms with E-state index in [-0.39, 0.29) is 12.1 Å². The molecule has 2 rings (SSSR count). The van der Waals surface area contributed by atoms with Crippen molar-refractivity contribution >= 4 is 6.03 Å². The maximum Gasteiger partial charge on any atom is 0.317 e. The predicted molar refractivity (Wildman–Crippen MR) is 81.7 cm³/mol. The number of urea groups is 1. The van der Waals surface area contributed by atoms with Crippen LogP contribution in [0.4, 0.5) is 4.79 Å². The summed E-state index contributed by atoms with van der Waals surface area (Å²) in [7, 11) is 0. The number of nitrogens with one attached hydrogen (secondary N) is 1. The van der Waals surface area contributed by atoms with Crippen LogP contribution in [0.15, 0.2) is 30.3 Å². The fourth-order valence-corrected chi connectivity index (χ4v) is 2.83. The number of likely N-dealkylation sites (N-methyl/N-ethyl adjacent to an activating group) is 1. The van der Waals surface area contributed by atoms with Crippen molar-refractivity contribution in [2.45, 2.75) is 26.3 Å². The van der Waals surface area contributed by atoms with Gasteiger partial charge in [-0.2, -0.15) is 0 Å². The van der Waals surface area contributed by atoms with Gasteiger partial charge in [0.1, 0.15) is 0 Å². The molecule has 0 aromatic heterocycles. The van der Waals surface area contributed by atoms with Gasteiger partial charge in [-0.1, -0.05) is 44.2 Å². The topological polar surface area (TPSA) is 35.6 Å². The number of carbonyl (C=O) groups excluding carboxylic acids is 1. The van der Waals surface area contributed by atoms with Crippen molar-refractivity contribution in [2.75, 3.05) is 32.7 Å². The van der Waals surface area contributed by atoms with Gasteiger partial charge in [-0.15, -0.1) is 0 Å². The lowest BCUT2D eigenvalue weighted by Crippen LogP contribution is -2.49. The van der Waals surface area contributed by atoms with Gasteiger partial charge in [0.05, 0.1) is 6.04 Å². The van der Waals surface area contributed by atoms with Crippen LogP contribution in [0.3, 0.4) is 0 Å². The molecule has 0 saturated carbocycles. The summed E-state index contributed by atoms with van der Waals surface area (Å²) in [4.78, 5) is 16.3. The van der Waals surface area contributed by atoms with E-state index in [2.05, 4.69) is 48.3 Å². The molecule has 1 atom stereocenters. The summed E-state index contributed by atoms with van der Waals surface area (Å²) in [5, 5.41) is 2.93. The van der Waals surface area contributed by atoms with Gasteiger partial charge in [-0.3, -0.25) is 4.90 Å². The zero-order valence-corrected chi connectivity index (χ0v) is 12.5. The number of hydrogen-bond donors (Lipinski definition) is 1. The van der Waals surface area contributed by atoms with Crippen LogP contribution in [-0.2, 0) is 0 Å². The van der Waals surface area contributed by atoms with Crippen molar-refractivity contribution in [1.29, 1.82) is 0 Å². The zero-order chi connectivity index (χ0) is 14.4. The van der Waals surface area contributed by atoms with E-state index in [0.717, 1.165) is 39.1 Å². The molecule has 1 aromatic carbocycles. The van der Waals surface area contributed by atoms with E-state index in [9.17, 15) is 4.79 Å². The van der Waals surface area contributed by atoms with Gasteiger partial charge < -0.3 is 10.2 Å². The highest BCUT2D eigenvalue weighted by molar-refractivity contribution is 5.74. The molecule has 0 radical (unpaired) electrons. The molecule has 1 heterocycles. The minimum absolute atomic E-state index is 0.0735. The van der Waals surface area contributed by atoms with Gasteiger partial charge in [-0.25, -0.2) is 4.79 Å². The third-order valence-corrected chi connectivity index (χ3v) is 4.00. The Labute approximate surface area is 121 Å². The van der Waals surface area contributed by atoms with E-state index in [0.29, 0.717) is 0 Å². The highest BCUT2D eigenvalue weighted by Gasteiger charge is 2.25. The van der Waals surface area contributed by atoms with Crippen molar-refractivity contribution in [3.63, 3.8) is 0 Å². The van der Waals surface area contributed by atoms with Crippen molar-refractivity contribution in [2.24, 2.45) is 0 Å². The second-order valence-corrected chi connectivity index (χ2v) is 5.18. The summed E-state index contributed by atoms with van der Waals surface area (Å²) in [5.74, 6) is 0. The van der Waals surface area contributed by atoms with Gasteiger partial charge in [0.15, 0.2) is 0 Å². The minimum atomic E-state index is 0.0735. The average Bonchev–Trinajstić information content (AvgIpc) is 2.50. The smallest absolute Gasteiger partial charge is 0.317 e. The average molecular weight is 275 g/mol. The Hall–Kier alpha value is -1.55. The van der Waals surface area contributed by atoms with Crippen molar-refractivity contribution < 1.29 is 4.79 Å². The molecule has 0 bridgehead atoms. The molecule has 20 heavy (non-hydrogen) atoms. The van der Waals surface area contributed by atoms with Crippen LogP contribution in [-0.4, -0.2) is 48.6 Å². The fourth-order valence-electron chi connectivity index (χ4n) is 2.83. The lowest BCUT2D eigenvalue weighted by atomic mass is 10.0. The summed E-state index contributed by atoms with van der Waals surface area (Å²) in [6.07, 6.45) is 1.03. The monoisotopic (exact) mass is 275 g/mol. The Morgan fingerprint density at radius 3 is 2.55 bits per heavy atom. The number of rotatable bonds is 6. The van der Waals surface area contributed by atoms with Crippen LogP contribution in [0.25, 0.3) is 0 Å². The number of amides is 2. The summed E-state index contributed by atoms with van der Waals surface area (Å²) in [6, 6.07) is 10.8. The Kier molecular flexibility index (Phi) is 5.41. The largest absolute Gasteiger partial charge is 0.338 e. The molecule has 1 saturated heterocycles. The summed E-state index contributed by atoms with van der Waals surface area (Å²) in [5.41, 5.74) is 1.29. The first-order valence-electron chi connectivity index (χ1n) is 7.58. The van der Waals surface area contributed by atoms with E-state index < -0.39 is 0 Å². The molecule has 4 nitrogen and oxygen atoms in total. The standard InChI is InChI=1S/C16H25N3O/c1-3-18(4-2)15(14-9-6-5-7-10-14)13-19-12-8-11-17-16(19)20/h5-7,9-10,15H,3-4,8,11-13H2,1-2H3,(H,17,20). The molecular weight excluding hydrogens is 250 g/mol. The lowest BCUT2D eigenvalue weighted by Gasteiger charge is -2.36. The number of nitrogens with zero attached hydrogens (tertiary/aromatic N) is 2. The quantitative estimate of drug-likeness (QED) is 0.866. The molecule has 110 valence electrons. The number of carbonyl (C=O) groups is 1. The third kappa shape index (κ3) is 3.51. The predicted octanol–water partition coefficient (Wildman–Crippen LogP) is 2.48. The highest BCUT2D eigenvalue weighted by Crippen LogP contribution is 2.22. The van der Waals surface area contributed by atoms with Crippen molar-refractivity contribution in [1.82, 2.24) is 15.1 Å². The van der Waals surface area contributed by atoms with E-state index in [4.69, 9.17) is 0 Å². The molecule has 1 N–H and O–H groups in total. The van der Waals surface area contributed by atoms with Gasteiger partial charge in [0, 0.05) is 19.6 Å². The Morgan fingerprint density at radius 2 is 1.95 bits per heavy atom. The van der Waals surface area contributed by atoms with Crippen LogP contribution in [0.1, 0.15) is 31.9 Å². The summed E-state index contributed by atoms with van der Waals surface area (Å²) < 4.78 is 0. The fraction of sp³-hybridized carbons (Fsp3) is 0.562. The Bertz CT molecular complexity index is 417. The van der Waals surface area contributed by atoms with E-state index in [1.807, 2.05) is 11.0 Å². The molecular formula is C16H25N3O. The first-order chi connectivity index (χ1) is 9.76. The van der Waals surface area contributed by atoms with Crippen molar-refractivity contribution in [3.8, 4) is 0 Å². The van der Waals surface area contributed by atoms with E-state index in [1.165, 1.54) is 5.56 Å². The van der Waals surface area contributed by atoms with Crippen LogP contribution < -0.4 is 5.32 Å². The normalized spacial score (nSPS) is 17.1. The van der Waals surface area contributed by atoms with Crippen molar-refractivity contribution in [3.05, 3.63) is 35.9 Å². The maximum absolute atomic E-state index is 12.0. The second-order valence-electron chi connectivity index (χ2n) is 5.18. The lowest BCUT2D eigenvalue weighted by molar-refractivity contribution is 0.141. The first-order valence-corrected chi connectivity index (χ1v) is 7.58. The van der Waals surface area contributed by atoms with E-state index in [1.54, 1.807) is 0 Å².